The Bertz CT molecular complexity index is 2100. The van der Waals surface area contributed by atoms with E-state index in [4.69, 9.17) is 4.52 Å². The summed E-state index contributed by atoms with van der Waals surface area (Å²) >= 11 is 0. The molecule has 15 heteroatoms. The van der Waals surface area contributed by atoms with Crippen LogP contribution in [0.3, 0.4) is 0 Å². The summed E-state index contributed by atoms with van der Waals surface area (Å²) in [6.45, 7) is 1.86. The maximum absolute atomic E-state index is 13.0. The van der Waals surface area contributed by atoms with E-state index >= 15 is 0 Å². The fraction of sp³-hybridized carbons (Fsp3) is 0.361. The number of nitrogens with zero attached hydrogens (tertiary/aromatic N) is 6. The van der Waals surface area contributed by atoms with Gasteiger partial charge in [-0.2, -0.15) is 10.1 Å². The lowest BCUT2D eigenvalue weighted by Gasteiger charge is -2.21. The molecule has 5 amide bonds. The number of carbonyl (C=O) groups is 4. The number of anilines is 3. The number of aryl methyl sites for hydroxylation is 2. The minimum Gasteiger partial charge on any atom is -0.339 e. The first-order chi connectivity index (χ1) is 24.8. The second kappa shape index (κ2) is 14.9. The lowest BCUT2D eigenvalue weighted by Crippen LogP contribution is -2.39. The summed E-state index contributed by atoms with van der Waals surface area (Å²) in [7, 11) is 0. The quantitative estimate of drug-likeness (QED) is 0.0991. The fourth-order valence-electron chi connectivity index (χ4n) is 6.82. The summed E-state index contributed by atoms with van der Waals surface area (Å²) in [5.74, 6) is -0.0593. The topological polar surface area (TPSA) is 198 Å². The maximum atomic E-state index is 13.0. The fourth-order valence-corrected chi connectivity index (χ4v) is 6.82. The average Bonchev–Trinajstić information content (AvgIpc) is 3.90. The van der Waals surface area contributed by atoms with Crippen LogP contribution >= 0.6 is 0 Å². The van der Waals surface area contributed by atoms with Crippen LogP contribution in [0.25, 0.3) is 17.2 Å². The van der Waals surface area contributed by atoms with Gasteiger partial charge in [-0.25, -0.2) is 14.3 Å². The largest absolute Gasteiger partial charge is 0.339 e. The van der Waals surface area contributed by atoms with Crippen molar-refractivity contribution in [2.45, 2.75) is 83.0 Å². The van der Waals surface area contributed by atoms with Crippen LogP contribution in [0.4, 0.5) is 21.9 Å². The van der Waals surface area contributed by atoms with Gasteiger partial charge in [0, 0.05) is 36.9 Å². The van der Waals surface area contributed by atoms with E-state index in [-0.39, 0.29) is 17.7 Å². The second-order valence-electron chi connectivity index (χ2n) is 13.0. The van der Waals surface area contributed by atoms with Crippen molar-refractivity contribution in [1.29, 1.82) is 0 Å². The lowest BCUT2D eigenvalue weighted by atomic mass is 9.90. The van der Waals surface area contributed by atoms with Gasteiger partial charge in [-0.3, -0.25) is 24.7 Å². The van der Waals surface area contributed by atoms with E-state index in [0.29, 0.717) is 78.9 Å². The molecule has 1 unspecified atom stereocenters. The number of urea groups is 1. The van der Waals surface area contributed by atoms with Gasteiger partial charge in [0.25, 0.3) is 0 Å². The van der Waals surface area contributed by atoms with Gasteiger partial charge in [-0.1, -0.05) is 30.1 Å². The summed E-state index contributed by atoms with van der Waals surface area (Å²) in [5, 5.41) is 19.6. The summed E-state index contributed by atoms with van der Waals surface area (Å²) in [6.07, 6.45) is 12.1. The van der Waals surface area contributed by atoms with Crippen molar-refractivity contribution < 1.29 is 23.7 Å². The first-order valence-corrected chi connectivity index (χ1v) is 17.2. The van der Waals surface area contributed by atoms with Crippen LogP contribution < -0.4 is 21.3 Å². The van der Waals surface area contributed by atoms with Gasteiger partial charge in [0.2, 0.25) is 29.4 Å². The summed E-state index contributed by atoms with van der Waals surface area (Å²) < 4.78 is 7.27. The molecule has 0 spiro atoms. The minimum absolute atomic E-state index is 0.145. The van der Waals surface area contributed by atoms with E-state index in [2.05, 4.69) is 46.5 Å². The van der Waals surface area contributed by atoms with Crippen molar-refractivity contribution in [3.05, 3.63) is 77.7 Å². The highest BCUT2D eigenvalue weighted by Gasteiger charge is 2.28. The van der Waals surface area contributed by atoms with E-state index in [9.17, 15) is 19.2 Å². The Morgan fingerprint density at radius 3 is 2.67 bits per heavy atom. The number of aromatic nitrogens is 6. The highest BCUT2D eigenvalue weighted by atomic mass is 16.5. The predicted octanol–water partition coefficient (Wildman–Crippen LogP) is 5.66. The molecule has 7 rings (SSSR count). The number of amides is 5. The van der Waals surface area contributed by atoms with Crippen LogP contribution in [0.5, 0.6) is 0 Å². The number of nitrogens with one attached hydrogen (secondary N) is 4. The van der Waals surface area contributed by atoms with Crippen LogP contribution in [0.15, 0.2) is 59.5 Å². The molecule has 15 nitrogen and oxygen atoms in total. The Morgan fingerprint density at radius 1 is 0.980 bits per heavy atom. The Balaban J connectivity index is 0.891. The third kappa shape index (κ3) is 7.77. The molecule has 2 aliphatic rings. The number of rotatable bonds is 11. The van der Waals surface area contributed by atoms with Crippen LogP contribution in [0.1, 0.15) is 92.3 Å². The number of hydrogen-bond acceptors (Lipinski definition) is 10. The van der Waals surface area contributed by atoms with Gasteiger partial charge in [0.05, 0.1) is 41.6 Å². The molecule has 1 aliphatic heterocycles. The first-order valence-electron chi connectivity index (χ1n) is 17.2. The number of benzene rings is 1. The standard InChI is InChI=1S/C36H38N10O5/c1-21-17-25(41-36(50)42-27-20-37-28-15-16-39-46(28)33(27)22-7-2-3-8-22)19-38-32(21)34-44-31(51-45-34)12-5-4-11-29(47)40-24-10-6-9-23(18-24)26-13-14-30(48)43-35(26)49/h6,9-10,15-20,22,26H,2-5,7-8,11-14H2,1H3,(H,40,47)(H2,41,42,50)(H,43,48,49). The molecule has 1 saturated heterocycles. The van der Waals surface area contributed by atoms with E-state index < -0.39 is 11.9 Å². The van der Waals surface area contributed by atoms with E-state index in [0.717, 1.165) is 48.2 Å². The Kier molecular flexibility index (Phi) is 9.76. The molecule has 1 aliphatic carbocycles. The minimum atomic E-state index is -0.415. The Labute approximate surface area is 293 Å². The zero-order valence-corrected chi connectivity index (χ0v) is 28.1. The second-order valence-corrected chi connectivity index (χ2v) is 13.0. The third-order valence-electron chi connectivity index (χ3n) is 9.32. The van der Waals surface area contributed by atoms with Gasteiger partial charge < -0.3 is 20.5 Å². The van der Waals surface area contributed by atoms with Crippen LogP contribution in [0.2, 0.25) is 0 Å². The number of pyridine rings is 1. The number of carbonyl (C=O) groups excluding carboxylic acids is 4. The molecule has 1 aromatic carbocycles. The molecule has 51 heavy (non-hydrogen) atoms. The van der Waals surface area contributed by atoms with E-state index in [1.165, 1.54) is 0 Å². The van der Waals surface area contributed by atoms with Crippen molar-refractivity contribution >= 4 is 46.5 Å². The molecule has 262 valence electrons. The van der Waals surface area contributed by atoms with Crippen molar-refractivity contribution in [3.63, 3.8) is 0 Å². The lowest BCUT2D eigenvalue weighted by molar-refractivity contribution is -0.134. The number of hydrogen-bond donors (Lipinski definition) is 4. The smallest absolute Gasteiger partial charge is 0.323 e. The predicted molar refractivity (Wildman–Crippen MR) is 187 cm³/mol. The van der Waals surface area contributed by atoms with Crippen molar-refractivity contribution in [2.24, 2.45) is 0 Å². The van der Waals surface area contributed by atoms with Gasteiger partial charge in [-0.15, -0.1) is 0 Å². The normalized spacial score (nSPS) is 16.3. The molecule has 0 radical (unpaired) electrons. The molecule has 1 atom stereocenters. The molecule has 5 aromatic rings. The van der Waals surface area contributed by atoms with Crippen molar-refractivity contribution in [1.82, 2.24) is 35.0 Å². The zero-order chi connectivity index (χ0) is 35.3. The maximum Gasteiger partial charge on any atom is 0.323 e. The van der Waals surface area contributed by atoms with Crippen LogP contribution in [0, 0.1) is 6.92 Å². The number of imide groups is 1. The van der Waals surface area contributed by atoms with E-state index in [1.807, 2.05) is 23.6 Å². The zero-order valence-electron chi connectivity index (χ0n) is 28.1. The van der Waals surface area contributed by atoms with Crippen molar-refractivity contribution in [3.8, 4) is 11.5 Å². The molecule has 1 saturated carbocycles. The molecule has 4 aromatic heterocycles. The van der Waals surface area contributed by atoms with Crippen molar-refractivity contribution in [2.75, 3.05) is 16.0 Å². The first kappa shape index (κ1) is 33.5. The summed E-state index contributed by atoms with van der Waals surface area (Å²) in [4.78, 5) is 62.8. The number of unbranched alkanes of at least 4 members (excludes halogenated alkanes) is 1. The summed E-state index contributed by atoms with van der Waals surface area (Å²) in [6, 6.07) is 10.4. The van der Waals surface area contributed by atoms with Gasteiger partial charge in [-0.05, 0) is 68.4 Å². The highest BCUT2D eigenvalue weighted by Crippen LogP contribution is 2.37. The molecule has 5 heterocycles. The van der Waals surface area contributed by atoms with Gasteiger partial charge in [0.1, 0.15) is 5.69 Å². The summed E-state index contributed by atoms with van der Waals surface area (Å²) in [5.41, 5.74) is 5.51. The third-order valence-corrected chi connectivity index (χ3v) is 9.32. The average molecular weight is 691 g/mol. The Hall–Kier alpha value is -5.99. The molecular weight excluding hydrogens is 652 g/mol. The SMILES string of the molecule is Cc1cc(NC(=O)Nc2cnc3ccnn3c2C2CCCC2)cnc1-c1noc(CCCCC(=O)Nc2cccc(C3CCC(=O)NC3=O)c2)n1. The molecule has 2 fully saturated rings. The van der Waals surface area contributed by atoms with Crippen LogP contribution in [-0.2, 0) is 20.8 Å². The molecular formula is C36H38N10O5. The van der Waals surface area contributed by atoms with Gasteiger partial charge in [0.15, 0.2) is 5.65 Å². The number of piperidine rings is 1. The van der Waals surface area contributed by atoms with E-state index in [1.54, 1.807) is 42.9 Å². The highest BCUT2D eigenvalue weighted by molar-refractivity contribution is 6.01. The monoisotopic (exact) mass is 690 g/mol. The van der Waals surface area contributed by atoms with Gasteiger partial charge >= 0.3 is 6.03 Å². The molecule has 4 N–H and O–H groups in total. The van der Waals surface area contributed by atoms with Crippen LogP contribution in [-0.4, -0.2) is 53.5 Å². The Morgan fingerprint density at radius 2 is 1.84 bits per heavy atom. The number of fused-ring (bicyclic) bond motifs is 1. The molecule has 0 bridgehead atoms.